The van der Waals surface area contributed by atoms with E-state index in [1.54, 1.807) is 30.3 Å². The van der Waals surface area contributed by atoms with Gasteiger partial charge < -0.3 is 26.7 Å². The Morgan fingerprint density at radius 3 is 2.51 bits per heavy atom. The Bertz CT molecular complexity index is 1100. The molecule has 1 saturated heterocycles. The standard InChI is InChI=1S/C25H32N6O4/c1-35-25(33)17-8-16(9-18(26)10-17)20-11-22(30-19-6-7-19)31(34)21(20)12-23(32)29-13-14-2-4-15(5-3-14)24(27)28/h2-5,8-10,19-22,30,34H,6-7,11-13,26H2,1H3,(H3,27,28)(H,29,32). The molecule has 0 bridgehead atoms. The van der Waals surface area contributed by atoms with Crippen LogP contribution in [0.25, 0.3) is 0 Å². The molecule has 1 aliphatic heterocycles. The van der Waals surface area contributed by atoms with Gasteiger partial charge in [-0.25, -0.2) is 4.79 Å². The van der Waals surface area contributed by atoms with Crippen molar-refractivity contribution in [2.75, 3.05) is 12.8 Å². The zero-order chi connectivity index (χ0) is 25.1. The van der Waals surface area contributed by atoms with Crippen LogP contribution in [-0.4, -0.2) is 53.3 Å². The lowest BCUT2D eigenvalue weighted by atomic mass is 9.88. The second-order valence-electron chi connectivity index (χ2n) is 9.22. The number of rotatable bonds is 9. The number of amides is 1. The summed E-state index contributed by atoms with van der Waals surface area (Å²) in [4.78, 5) is 25.0. The van der Waals surface area contributed by atoms with Gasteiger partial charge in [-0.15, -0.1) is 0 Å². The molecule has 8 N–H and O–H groups in total. The van der Waals surface area contributed by atoms with Crippen LogP contribution in [0.15, 0.2) is 42.5 Å². The summed E-state index contributed by atoms with van der Waals surface area (Å²) < 4.78 is 4.85. The minimum absolute atomic E-state index is 0.0119. The van der Waals surface area contributed by atoms with E-state index in [0.29, 0.717) is 35.8 Å². The highest BCUT2D eigenvalue weighted by Gasteiger charge is 2.44. The fraction of sp³-hybridized carbons (Fsp3) is 0.400. The first-order chi connectivity index (χ1) is 16.7. The Kier molecular flexibility index (Phi) is 7.34. The van der Waals surface area contributed by atoms with Gasteiger partial charge in [0.15, 0.2) is 0 Å². The summed E-state index contributed by atoms with van der Waals surface area (Å²) in [5.74, 6) is -0.931. The first kappa shape index (κ1) is 24.6. The molecule has 186 valence electrons. The number of nitrogens with two attached hydrogens (primary N) is 2. The number of hydroxylamine groups is 2. The average Bonchev–Trinajstić information content (AvgIpc) is 3.61. The molecule has 0 radical (unpaired) electrons. The second-order valence-corrected chi connectivity index (χ2v) is 9.22. The number of esters is 1. The van der Waals surface area contributed by atoms with Crippen molar-refractivity contribution in [1.82, 2.24) is 15.7 Å². The van der Waals surface area contributed by atoms with Crippen molar-refractivity contribution < 1.29 is 19.5 Å². The van der Waals surface area contributed by atoms with Crippen LogP contribution in [0.1, 0.15) is 58.6 Å². The number of ether oxygens (including phenoxy) is 1. The van der Waals surface area contributed by atoms with Crippen LogP contribution in [0.4, 0.5) is 5.69 Å². The van der Waals surface area contributed by atoms with E-state index in [9.17, 15) is 14.8 Å². The first-order valence-corrected chi connectivity index (χ1v) is 11.7. The maximum absolute atomic E-state index is 12.9. The highest BCUT2D eigenvalue weighted by molar-refractivity contribution is 5.94. The zero-order valence-electron chi connectivity index (χ0n) is 19.7. The van der Waals surface area contributed by atoms with Crippen molar-refractivity contribution in [2.45, 2.75) is 56.4 Å². The van der Waals surface area contributed by atoms with Crippen LogP contribution in [0.5, 0.6) is 0 Å². The summed E-state index contributed by atoms with van der Waals surface area (Å²) in [7, 11) is 1.31. The topological polar surface area (TPSA) is 167 Å². The number of carbonyl (C=O) groups is 2. The molecule has 2 fully saturated rings. The summed E-state index contributed by atoms with van der Waals surface area (Å²) in [6.45, 7) is 0.314. The molecule has 2 aliphatic rings. The van der Waals surface area contributed by atoms with E-state index in [2.05, 4.69) is 10.6 Å². The van der Waals surface area contributed by atoms with Gasteiger partial charge in [-0.05, 0) is 48.6 Å². The number of hydrogen-bond acceptors (Lipinski definition) is 8. The molecule has 0 spiro atoms. The molecule has 10 heteroatoms. The minimum atomic E-state index is -0.501. The van der Waals surface area contributed by atoms with E-state index >= 15 is 0 Å². The van der Waals surface area contributed by atoms with E-state index in [1.807, 2.05) is 12.1 Å². The van der Waals surface area contributed by atoms with Gasteiger partial charge in [0.05, 0.1) is 24.9 Å². The number of anilines is 1. The fourth-order valence-corrected chi connectivity index (χ4v) is 4.57. The van der Waals surface area contributed by atoms with Gasteiger partial charge in [-0.2, -0.15) is 5.06 Å². The lowest BCUT2D eigenvalue weighted by molar-refractivity contribution is -0.151. The summed E-state index contributed by atoms with van der Waals surface area (Å²) in [5.41, 5.74) is 14.6. The Morgan fingerprint density at radius 1 is 1.17 bits per heavy atom. The molecule has 2 aromatic carbocycles. The molecule has 4 rings (SSSR count). The van der Waals surface area contributed by atoms with E-state index < -0.39 is 12.0 Å². The summed E-state index contributed by atoms with van der Waals surface area (Å²) in [6.07, 6.45) is 2.47. The Labute approximate surface area is 204 Å². The summed E-state index contributed by atoms with van der Waals surface area (Å²) in [6, 6.07) is 12.0. The van der Waals surface area contributed by atoms with Crippen LogP contribution in [-0.2, 0) is 16.1 Å². The Morgan fingerprint density at radius 2 is 1.89 bits per heavy atom. The largest absolute Gasteiger partial charge is 0.465 e. The monoisotopic (exact) mass is 480 g/mol. The fourth-order valence-electron chi connectivity index (χ4n) is 4.57. The Balaban J connectivity index is 1.49. The van der Waals surface area contributed by atoms with Crippen LogP contribution in [0.3, 0.4) is 0 Å². The number of benzene rings is 2. The average molecular weight is 481 g/mol. The van der Waals surface area contributed by atoms with Crippen molar-refractivity contribution in [3.05, 3.63) is 64.7 Å². The van der Waals surface area contributed by atoms with Crippen molar-refractivity contribution in [1.29, 1.82) is 5.41 Å². The number of amidine groups is 1. The molecule has 3 atom stereocenters. The number of nitrogens with zero attached hydrogens (tertiary/aromatic N) is 1. The quantitative estimate of drug-likeness (QED) is 0.136. The first-order valence-electron chi connectivity index (χ1n) is 11.7. The highest BCUT2D eigenvalue weighted by atomic mass is 16.5. The van der Waals surface area contributed by atoms with Crippen LogP contribution >= 0.6 is 0 Å². The maximum Gasteiger partial charge on any atom is 0.337 e. The maximum atomic E-state index is 12.9. The normalized spacial score (nSPS) is 22.1. The lowest BCUT2D eigenvalue weighted by Crippen LogP contribution is -2.45. The van der Waals surface area contributed by atoms with Gasteiger partial charge in [-0.1, -0.05) is 24.3 Å². The molecule has 2 aromatic rings. The molecule has 3 unspecified atom stereocenters. The molecule has 1 saturated carbocycles. The van der Waals surface area contributed by atoms with E-state index in [1.165, 1.54) is 12.2 Å². The molecule has 0 aromatic heterocycles. The van der Waals surface area contributed by atoms with E-state index in [-0.39, 0.29) is 30.2 Å². The predicted molar refractivity (Wildman–Crippen MR) is 131 cm³/mol. The molecule has 1 heterocycles. The van der Waals surface area contributed by atoms with Crippen molar-refractivity contribution in [2.24, 2.45) is 5.73 Å². The van der Waals surface area contributed by atoms with Gasteiger partial charge >= 0.3 is 5.97 Å². The zero-order valence-corrected chi connectivity index (χ0v) is 19.7. The van der Waals surface area contributed by atoms with E-state index in [0.717, 1.165) is 24.0 Å². The molecule has 10 nitrogen and oxygen atoms in total. The third-order valence-corrected chi connectivity index (χ3v) is 6.58. The van der Waals surface area contributed by atoms with Crippen molar-refractivity contribution >= 4 is 23.4 Å². The molecule has 35 heavy (non-hydrogen) atoms. The number of carbonyl (C=O) groups excluding carboxylic acids is 2. The molecular formula is C25H32N6O4. The predicted octanol–water partition coefficient (Wildman–Crippen LogP) is 1.67. The smallest absolute Gasteiger partial charge is 0.337 e. The second kappa shape index (κ2) is 10.4. The van der Waals surface area contributed by atoms with Crippen LogP contribution < -0.4 is 22.1 Å². The van der Waals surface area contributed by atoms with Crippen LogP contribution in [0, 0.1) is 5.41 Å². The minimum Gasteiger partial charge on any atom is -0.465 e. The van der Waals surface area contributed by atoms with Crippen molar-refractivity contribution in [3.8, 4) is 0 Å². The lowest BCUT2D eigenvalue weighted by Gasteiger charge is -2.26. The van der Waals surface area contributed by atoms with Gasteiger partial charge in [0.2, 0.25) is 5.91 Å². The molecule has 1 amide bonds. The van der Waals surface area contributed by atoms with Gasteiger partial charge in [0.25, 0.3) is 0 Å². The van der Waals surface area contributed by atoms with Gasteiger partial charge in [-0.3, -0.25) is 15.5 Å². The molecular weight excluding hydrogens is 448 g/mol. The number of hydrogen-bond donors (Lipinski definition) is 6. The van der Waals surface area contributed by atoms with E-state index in [4.69, 9.17) is 21.6 Å². The third-order valence-electron chi connectivity index (χ3n) is 6.58. The van der Waals surface area contributed by atoms with Gasteiger partial charge in [0, 0.05) is 36.2 Å². The van der Waals surface area contributed by atoms with Crippen molar-refractivity contribution in [3.63, 3.8) is 0 Å². The number of nitrogens with one attached hydrogen (secondary N) is 3. The summed E-state index contributed by atoms with van der Waals surface area (Å²) >= 11 is 0. The SMILES string of the molecule is COC(=O)c1cc(N)cc(C2CC(NC3CC3)N(O)C2CC(=O)NCc2ccc(C(=N)N)cc2)c1. The third kappa shape index (κ3) is 5.97. The number of nitrogen functional groups attached to an aromatic ring is 2. The highest BCUT2D eigenvalue weighted by Crippen LogP contribution is 2.39. The summed E-state index contributed by atoms with van der Waals surface area (Å²) in [5, 5.41) is 26.1. The van der Waals surface area contributed by atoms with Crippen LogP contribution in [0.2, 0.25) is 0 Å². The molecule has 1 aliphatic carbocycles. The number of methoxy groups -OCH3 is 1. The Hall–Kier alpha value is -3.47. The van der Waals surface area contributed by atoms with Gasteiger partial charge in [0.1, 0.15) is 5.84 Å².